The number of hydrogen-bond donors (Lipinski definition) is 0. The summed E-state index contributed by atoms with van der Waals surface area (Å²) in [6, 6.07) is 8.57. The molecule has 20 heavy (non-hydrogen) atoms. The Labute approximate surface area is 123 Å². The van der Waals surface area contributed by atoms with E-state index in [2.05, 4.69) is 48.2 Å². The second-order valence-corrected chi connectivity index (χ2v) is 5.95. The first kappa shape index (κ1) is 15.3. The third kappa shape index (κ3) is 5.51. The minimum Gasteiger partial charge on any atom is -0.492 e. The zero-order chi connectivity index (χ0) is 14.2. The molecular formula is C17H28N2O. The summed E-state index contributed by atoms with van der Waals surface area (Å²) in [6.45, 7) is 5.49. The lowest BCUT2D eigenvalue weighted by molar-refractivity contribution is 0.237. The largest absolute Gasteiger partial charge is 0.492 e. The summed E-state index contributed by atoms with van der Waals surface area (Å²) < 4.78 is 5.88. The Morgan fingerprint density at radius 3 is 2.75 bits per heavy atom. The van der Waals surface area contributed by atoms with Crippen LogP contribution in [-0.4, -0.2) is 56.7 Å². The molecule has 112 valence electrons. The fourth-order valence-corrected chi connectivity index (χ4v) is 2.69. The van der Waals surface area contributed by atoms with Gasteiger partial charge in [0.1, 0.15) is 12.4 Å². The molecule has 1 aliphatic rings. The van der Waals surface area contributed by atoms with Gasteiger partial charge in [-0.25, -0.2) is 0 Å². The van der Waals surface area contributed by atoms with Crippen molar-refractivity contribution in [1.29, 1.82) is 0 Å². The van der Waals surface area contributed by atoms with Gasteiger partial charge in [-0.2, -0.15) is 0 Å². The van der Waals surface area contributed by atoms with Crippen molar-refractivity contribution in [2.45, 2.75) is 25.7 Å². The Balaban J connectivity index is 1.71. The van der Waals surface area contributed by atoms with Gasteiger partial charge in [0.2, 0.25) is 0 Å². The Morgan fingerprint density at radius 2 is 2.00 bits per heavy atom. The number of likely N-dealkylation sites (tertiary alicyclic amines) is 1. The van der Waals surface area contributed by atoms with Gasteiger partial charge < -0.3 is 9.64 Å². The molecule has 0 bridgehead atoms. The molecule has 1 saturated heterocycles. The van der Waals surface area contributed by atoms with Crippen LogP contribution in [0.5, 0.6) is 5.75 Å². The Kier molecular flexibility index (Phi) is 6.34. The summed E-state index contributed by atoms with van der Waals surface area (Å²) >= 11 is 0. The van der Waals surface area contributed by atoms with E-state index in [0.29, 0.717) is 0 Å². The highest BCUT2D eigenvalue weighted by molar-refractivity contribution is 5.28. The molecule has 0 saturated carbocycles. The Bertz CT molecular complexity index is 386. The summed E-state index contributed by atoms with van der Waals surface area (Å²) in [6.07, 6.45) is 5.02. The van der Waals surface area contributed by atoms with Crippen LogP contribution in [0.25, 0.3) is 0 Å². The lowest BCUT2D eigenvalue weighted by Gasteiger charge is -2.15. The molecule has 0 atom stereocenters. The molecule has 1 aliphatic heterocycles. The third-order valence-electron chi connectivity index (χ3n) is 3.84. The molecule has 1 heterocycles. The van der Waals surface area contributed by atoms with Gasteiger partial charge in [0.05, 0.1) is 0 Å². The van der Waals surface area contributed by atoms with E-state index in [1.807, 2.05) is 0 Å². The van der Waals surface area contributed by atoms with Crippen LogP contribution in [0.4, 0.5) is 0 Å². The first-order chi connectivity index (χ1) is 9.74. The monoisotopic (exact) mass is 276 g/mol. The number of benzene rings is 1. The average molecular weight is 276 g/mol. The summed E-state index contributed by atoms with van der Waals surface area (Å²) in [5.41, 5.74) is 1.38. The average Bonchev–Trinajstić information content (AvgIpc) is 2.92. The van der Waals surface area contributed by atoms with Gasteiger partial charge in [-0.1, -0.05) is 12.1 Å². The highest BCUT2D eigenvalue weighted by atomic mass is 16.5. The van der Waals surface area contributed by atoms with Gasteiger partial charge >= 0.3 is 0 Å². The number of nitrogens with zero attached hydrogens (tertiary/aromatic N) is 2. The smallest absolute Gasteiger partial charge is 0.119 e. The van der Waals surface area contributed by atoms with Crippen LogP contribution in [0.15, 0.2) is 24.3 Å². The van der Waals surface area contributed by atoms with Gasteiger partial charge in [-0.15, -0.1) is 0 Å². The number of ether oxygens (including phenoxy) is 1. The molecule has 0 N–H and O–H groups in total. The van der Waals surface area contributed by atoms with Crippen LogP contribution >= 0.6 is 0 Å². The van der Waals surface area contributed by atoms with E-state index in [1.54, 1.807) is 0 Å². The molecule has 0 amide bonds. The van der Waals surface area contributed by atoms with E-state index in [-0.39, 0.29) is 0 Å². The molecule has 1 fully saturated rings. The first-order valence-electron chi connectivity index (χ1n) is 7.83. The molecule has 0 unspecified atom stereocenters. The zero-order valence-corrected chi connectivity index (χ0v) is 13.0. The SMILES string of the molecule is CN(C)CCCc1cccc(OCCN2CCCC2)c1. The molecule has 0 aliphatic carbocycles. The fraction of sp³-hybridized carbons (Fsp3) is 0.647. The minimum atomic E-state index is 0.807. The zero-order valence-electron chi connectivity index (χ0n) is 13.0. The molecule has 2 rings (SSSR count). The van der Waals surface area contributed by atoms with Crippen molar-refractivity contribution in [3.8, 4) is 5.75 Å². The molecule has 0 spiro atoms. The van der Waals surface area contributed by atoms with E-state index in [9.17, 15) is 0 Å². The third-order valence-corrected chi connectivity index (χ3v) is 3.84. The van der Waals surface area contributed by atoms with Crippen LogP contribution < -0.4 is 4.74 Å². The van der Waals surface area contributed by atoms with E-state index in [4.69, 9.17) is 4.74 Å². The molecular weight excluding hydrogens is 248 g/mol. The normalized spacial score (nSPS) is 15.9. The van der Waals surface area contributed by atoms with Gasteiger partial charge in [-0.05, 0) is 77.1 Å². The van der Waals surface area contributed by atoms with Gasteiger partial charge in [0, 0.05) is 6.54 Å². The van der Waals surface area contributed by atoms with Crippen LogP contribution in [0.3, 0.4) is 0 Å². The molecule has 0 aromatic heterocycles. The molecule has 3 nitrogen and oxygen atoms in total. The Hall–Kier alpha value is -1.06. The maximum absolute atomic E-state index is 5.88. The summed E-state index contributed by atoms with van der Waals surface area (Å²) in [5, 5.41) is 0. The minimum absolute atomic E-state index is 0.807. The summed E-state index contributed by atoms with van der Waals surface area (Å²) in [5.74, 6) is 1.02. The van der Waals surface area contributed by atoms with Crippen molar-refractivity contribution in [1.82, 2.24) is 9.80 Å². The lowest BCUT2D eigenvalue weighted by Crippen LogP contribution is -2.25. The van der Waals surface area contributed by atoms with Crippen molar-refractivity contribution >= 4 is 0 Å². The molecule has 0 radical (unpaired) electrons. The van der Waals surface area contributed by atoms with Gasteiger partial charge in [0.15, 0.2) is 0 Å². The van der Waals surface area contributed by atoms with Crippen molar-refractivity contribution in [2.75, 3.05) is 46.9 Å². The second kappa shape index (κ2) is 8.28. The molecule has 3 heteroatoms. The quantitative estimate of drug-likeness (QED) is 0.726. The summed E-state index contributed by atoms with van der Waals surface area (Å²) in [4.78, 5) is 4.72. The van der Waals surface area contributed by atoms with E-state index in [0.717, 1.165) is 31.9 Å². The van der Waals surface area contributed by atoms with Crippen molar-refractivity contribution in [3.05, 3.63) is 29.8 Å². The predicted molar refractivity (Wildman–Crippen MR) is 84.5 cm³/mol. The highest BCUT2D eigenvalue weighted by Gasteiger charge is 2.10. The highest BCUT2D eigenvalue weighted by Crippen LogP contribution is 2.15. The topological polar surface area (TPSA) is 15.7 Å². The number of rotatable bonds is 8. The van der Waals surface area contributed by atoms with E-state index < -0.39 is 0 Å². The van der Waals surface area contributed by atoms with Crippen molar-refractivity contribution in [3.63, 3.8) is 0 Å². The number of aryl methyl sites for hydroxylation is 1. The van der Waals surface area contributed by atoms with Crippen molar-refractivity contribution < 1.29 is 4.74 Å². The van der Waals surface area contributed by atoms with Crippen LogP contribution in [0, 0.1) is 0 Å². The molecule has 1 aromatic carbocycles. The van der Waals surface area contributed by atoms with Crippen LogP contribution in [0.2, 0.25) is 0 Å². The second-order valence-electron chi connectivity index (χ2n) is 5.95. The van der Waals surface area contributed by atoms with E-state index in [1.165, 1.54) is 37.9 Å². The Morgan fingerprint density at radius 1 is 1.20 bits per heavy atom. The van der Waals surface area contributed by atoms with Crippen LogP contribution in [-0.2, 0) is 6.42 Å². The standard InChI is InChI=1S/C17H28N2O/c1-18(2)10-6-8-16-7-5-9-17(15-16)20-14-13-19-11-3-4-12-19/h5,7,9,15H,3-4,6,8,10-14H2,1-2H3. The van der Waals surface area contributed by atoms with Crippen molar-refractivity contribution in [2.24, 2.45) is 0 Å². The first-order valence-corrected chi connectivity index (χ1v) is 7.83. The fourth-order valence-electron chi connectivity index (χ4n) is 2.69. The predicted octanol–water partition coefficient (Wildman–Crippen LogP) is 2.66. The van der Waals surface area contributed by atoms with Gasteiger partial charge in [0.25, 0.3) is 0 Å². The molecule has 1 aromatic rings. The summed E-state index contributed by atoms with van der Waals surface area (Å²) in [7, 11) is 4.25. The lowest BCUT2D eigenvalue weighted by atomic mass is 10.1. The van der Waals surface area contributed by atoms with E-state index >= 15 is 0 Å². The number of hydrogen-bond acceptors (Lipinski definition) is 3. The van der Waals surface area contributed by atoms with Gasteiger partial charge in [-0.3, -0.25) is 4.90 Å². The maximum atomic E-state index is 5.88. The maximum Gasteiger partial charge on any atom is 0.119 e. The van der Waals surface area contributed by atoms with Crippen LogP contribution in [0.1, 0.15) is 24.8 Å².